The van der Waals surface area contributed by atoms with Crippen LogP contribution in [0.15, 0.2) is 28.7 Å². The lowest BCUT2D eigenvalue weighted by atomic mass is 9.83. The monoisotopic (exact) mass is 374 g/mol. The molecule has 0 heterocycles. The molecule has 3 heteroatoms. The lowest BCUT2D eigenvalue weighted by Crippen LogP contribution is -2.29. The highest BCUT2D eigenvalue weighted by atomic mass is 79.9. The van der Waals surface area contributed by atoms with E-state index in [0.29, 0.717) is 0 Å². The second-order valence-corrected chi connectivity index (χ2v) is 6.69. The summed E-state index contributed by atoms with van der Waals surface area (Å²) < 4.78 is 7.30. The van der Waals surface area contributed by atoms with E-state index >= 15 is 0 Å². The molecule has 1 unspecified atom stereocenters. The number of ether oxygens (including phenoxy) is 1. The van der Waals surface area contributed by atoms with Gasteiger partial charge in [0.05, 0.1) is 0 Å². The Morgan fingerprint density at radius 2 is 2.06 bits per heavy atom. The van der Waals surface area contributed by atoms with Crippen molar-refractivity contribution in [1.82, 2.24) is 0 Å². The van der Waals surface area contributed by atoms with Crippen LogP contribution in [-0.2, 0) is 10.3 Å². The zero-order chi connectivity index (χ0) is 13.0. The van der Waals surface area contributed by atoms with Crippen molar-refractivity contribution in [2.24, 2.45) is 5.92 Å². The standard InChI is InChI=1S/C15H20Br2O/c1-15(11-16,13-7-2-3-8-14(13)17)18-10-9-12-5-4-6-12/h2-3,7-8,12H,4-6,9-11H2,1H3. The van der Waals surface area contributed by atoms with Crippen LogP contribution in [0, 0.1) is 5.92 Å². The predicted octanol–water partition coefficient (Wildman–Crippen LogP) is 5.27. The highest BCUT2D eigenvalue weighted by Crippen LogP contribution is 2.35. The van der Waals surface area contributed by atoms with Crippen LogP contribution in [0.25, 0.3) is 0 Å². The van der Waals surface area contributed by atoms with Crippen molar-refractivity contribution >= 4 is 31.9 Å². The first kappa shape index (κ1) is 14.5. The molecule has 2 rings (SSSR count). The van der Waals surface area contributed by atoms with Crippen LogP contribution in [0.1, 0.15) is 38.2 Å². The molecular formula is C15H20Br2O. The summed E-state index contributed by atoms with van der Waals surface area (Å²) in [4.78, 5) is 0. The minimum absolute atomic E-state index is 0.246. The van der Waals surface area contributed by atoms with Crippen LogP contribution in [-0.4, -0.2) is 11.9 Å². The van der Waals surface area contributed by atoms with Gasteiger partial charge in [-0.15, -0.1) is 0 Å². The Morgan fingerprint density at radius 3 is 2.61 bits per heavy atom. The molecule has 0 amide bonds. The summed E-state index contributed by atoms with van der Waals surface area (Å²) in [5.41, 5.74) is 0.972. The first-order valence-corrected chi connectivity index (χ1v) is 8.52. The average molecular weight is 376 g/mol. The van der Waals surface area contributed by atoms with Gasteiger partial charge in [-0.25, -0.2) is 0 Å². The Morgan fingerprint density at radius 1 is 1.33 bits per heavy atom. The molecule has 1 saturated carbocycles. The van der Waals surface area contributed by atoms with Gasteiger partial charge in [0.2, 0.25) is 0 Å². The van der Waals surface area contributed by atoms with Crippen LogP contribution in [0.3, 0.4) is 0 Å². The van der Waals surface area contributed by atoms with Gasteiger partial charge in [0.1, 0.15) is 5.60 Å². The van der Waals surface area contributed by atoms with Crippen molar-refractivity contribution in [3.63, 3.8) is 0 Å². The first-order chi connectivity index (χ1) is 8.65. The van der Waals surface area contributed by atoms with E-state index in [2.05, 4.69) is 57.0 Å². The largest absolute Gasteiger partial charge is 0.370 e. The van der Waals surface area contributed by atoms with E-state index in [-0.39, 0.29) is 5.60 Å². The number of hydrogen-bond acceptors (Lipinski definition) is 1. The fourth-order valence-electron chi connectivity index (χ4n) is 2.31. The van der Waals surface area contributed by atoms with Gasteiger partial charge in [-0.3, -0.25) is 0 Å². The molecule has 0 aromatic heterocycles. The van der Waals surface area contributed by atoms with E-state index in [9.17, 15) is 0 Å². The maximum atomic E-state index is 6.18. The van der Waals surface area contributed by atoms with Crippen molar-refractivity contribution in [2.45, 2.75) is 38.2 Å². The van der Waals surface area contributed by atoms with Gasteiger partial charge in [0.25, 0.3) is 0 Å². The molecule has 1 aromatic rings. The molecular weight excluding hydrogens is 356 g/mol. The quantitative estimate of drug-likeness (QED) is 0.615. The van der Waals surface area contributed by atoms with Crippen LogP contribution in [0.5, 0.6) is 0 Å². The Kier molecular flexibility index (Phi) is 5.28. The lowest BCUT2D eigenvalue weighted by molar-refractivity contribution is -0.0269. The van der Waals surface area contributed by atoms with E-state index in [1.54, 1.807) is 0 Å². The van der Waals surface area contributed by atoms with Gasteiger partial charge in [-0.1, -0.05) is 69.3 Å². The normalized spacial score (nSPS) is 19.3. The van der Waals surface area contributed by atoms with Crippen molar-refractivity contribution in [3.8, 4) is 0 Å². The maximum Gasteiger partial charge on any atom is 0.101 e. The van der Waals surface area contributed by atoms with Crippen molar-refractivity contribution in [3.05, 3.63) is 34.3 Å². The lowest BCUT2D eigenvalue weighted by Gasteiger charge is -2.32. The molecule has 0 N–H and O–H groups in total. The summed E-state index contributed by atoms with van der Waals surface area (Å²) in [5.74, 6) is 0.906. The molecule has 1 aliphatic rings. The highest BCUT2D eigenvalue weighted by molar-refractivity contribution is 9.10. The van der Waals surface area contributed by atoms with E-state index in [0.717, 1.165) is 22.3 Å². The van der Waals surface area contributed by atoms with E-state index in [1.807, 2.05) is 6.07 Å². The second kappa shape index (κ2) is 6.53. The van der Waals surface area contributed by atoms with Crippen molar-refractivity contribution in [2.75, 3.05) is 11.9 Å². The molecule has 100 valence electrons. The van der Waals surface area contributed by atoms with Gasteiger partial charge in [-0.2, -0.15) is 0 Å². The van der Waals surface area contributed by atoms with Crippen molar-refractivity contribution < 1.29 is 4.74 Å². The third-order valence-corrected chi connectivity index (χ3v) is 5.63. The third-order valence-electron chi connectivity index (χ3n) is 3.87. The van der Waals surface area contributed by atoms with Crippen LogP contribution in [0.2, 0.25) is 0 Å². The number of hydrogen-bond donors (Lipinski definition) is 0. The first-order valence-electron chi connectivity index (χ1n) is 6.60. The zero-order valence-electron chi connectivity index (χ0n) is 10.8. The molecule has 18 heavy (non-hydrogen) atoms. The third kappa shape index (κ3) is 3.37. The highest BCUT2D eigenvalue weighted by Gasteiger charge is 2.29. The van der Waals surface area contributed by atoms with Crippen LogP contribution in [0.4, 0.5) is 0 Å². The predicted molar refractivity (Wildman–Crippen MR) is 83.2 cm³/mol. The van der Waals surface area contributed by atoms with Crippen LogP contribution >= 0.6 is 31.9 Å². The number of rotatable bonds is 6. The summed E-state index contributed by atoms with van der Waals surface area (Å²) in [6, 6.07) is 8.31. The van der Waals surface area contributed by atoms with Crippen molar-refractivity contribution in [1.29, 1.82) is 0 Å². The summed E-state index contributed by atoms with van der Waals surface area (Å²) in [7, 11) is 0. The van der Waals surface area contributed by atoms with E-state index in [1.165, 1.54) is 31.2 Å². The Bertz CT molecular complexity index is 390. The van der Waals surface area contributed by atoms with Gasteiger partial charge in [0, 0.05) is 16.4 Å². The number of halogens is 2. The van der Waals surface area contributed by atoms with Gasteiger partial charge >= 0.3 is 0 Å². The zero-order valence-corrected chi connectivity index (χ0v) is 14.0. The average Bonchev–Trinajstić information content (AvgIpc) is 2.32. The van der Waals surface area contributed by atoms with Gasteiger partial charge in [-0.05, 0) is 30.9 Å². The molecule has 1 atom stereocenters. The second-order valence-electron chi connectivity index (χ2n) is 5.28. The molecule has 1 nitrogen and oxygen atoms in total. The summed E-state index contributed by atoms with van der Waals surface area (Å²) in [6.07, 6.45) is 5.39. The molecule has 1 aliphatic carbocycles. The molecule has 0 aliphatic heterocycles. The smallest absolute Gasteiger partial charge is 0.101 e. The molecule has 1 aromatic carbocycles. The maximum absolute atomic E-state index is 6.18. The van der Waals surface area contributed by atoms with E-state index in [4.69, 9.17) is 4.74 Å². The van der Waals surface area contributed by atoms with Crippen LogP contribution < -0.4 is 0 Å². The van der Waals surface area contributed by atoms with E-state index < -0.39 is 0 Å². The van der Waals surface area contributed by atoms with Gasteiger partial charge in [0.15, 0.2) is 0 Å². The minimum atomic E-state index is -0.246. The topological polar surface area (TPSA) is 9.23 Å². The number of alkyl halides is 1. The van der Waals surface area contributed by atoms with Gasteiger partial charge < -0.3 is 4.74 Å². The Hall–Kier alpha value is 0.140. The Labute approximate surface area is 127 Å². The summed E-state index contributed by atoms with van der Waals surface area (Å²) in [5, 5.41) is 0.813. The summed E-state index contributed by atoms with van der Waals surface area (Å²) in [6.45, 7) is 3.01. The number of benzene rings is 1. The SMILES string of the molecule is CC(CBr)(OCCC1CCC1)c1ccccc1Br. The molecule has 1 fully saturated rings. The molecule has 0 radical (unpaired) electrons. The molecule has 0 saturated heterocycles. The Balaban J connectivity index is 1.98. The minimum Gasteiger partial charge on any atom is -0.370 e. The molecule has 0 spiro atoms. The molecule has 0 bridgehead atoms. The summed E-state index contributed by atoms with van der Waals surface area (Å²) >= 11 is 7.21. The fourth-order valence-corrected chi connectivity index (χ4v) is 3.48. The fraction of sp³-hybridized carbons (Fsp3) is 0.600.